The number of carbonyl (C=O) groups excluding carboxylic acids is 1. The zero-order chi connectivity index (χ0) is 13.7. The van der Waals surface area contributed by atoms with Gasteiger partial charge in [-0.15, -0.1) is 0 Å². The molecule has 0 aromatic carbocycles. The van der Waals surface area contributed by atoms with Crippen LogP contribution in [0.2, 0.25) is 0 Å². The number of aliphatic carboxylic acids is 1. The van der Waals surface area contributed by atoms with Crippen molar-refractivity contribution in [2.24, 2.45) is 0 Å². The van der Waals surface area contributed by atoms with E-state index in [1.54, 1.807) is 20.8 Å². The van der Waals surface area contributed by atoms with Crippen molar-refractivity contribution in [1.29, 1.82) is 0 Å². The van der Waals surface area contributed by atoms with Crippen molar-refractivity contribution in [3.05, 3.63) is 12.2 Å². The minimum Gasteiger partial charge on any atom is -0.478 e. The number of hydrogen-bond donors (Lipinski definition) is 1. The predicted molar refractivity (Wildman–Crippen MR) is 58.9 cm³/mol. The molecule has 0 bridgehead atoms. The monoisotopic (exact) mass is 246 g/mol. The van der Waals surface area contributed by atoms with Gasteiger partial charge in [0.1, 0.15) is 0 Å². The van der Waals surface area contributed by atoms with Crippen LogP contribution in [0.1, 0.15) is 34.6 Å². The van der Waals surface area contributed by atoms with Crippen LogP contribution in [0.15, 0.2) is 12.2 Å². The molecule has 0 aliphatic carbocycles. The largest absolute Gasteiger partial charge is 0.478 e. The molecule has 0 atom stereocenters. The van der Waals surface area contributed by atoms with Crippen LogP contribution >= 0.6 is 0 Å². The third-order valence-corrected chi connectivity index (χ3v) is 1.20. The van der Waals surface area contributed by atoms with Crippen LogP contribution in [0.4, 0.5) is 0 Å². The molecule has 0 rings (SSSR count). The van der Waals surface area contributed by atoms with Gasteiger partial charge in [0, 0.05) is 26.0 Å². The standard InChI is InChI=1S/C11H18O6/c1-10(2,3)16-17-11(4,5)15-9(14)7-6-8(12)13/h6-7H,1-5H3,(H,12,13). The van der Waals surface area contributed by atoms with Gasteiger partial charge in [-0.1, -0.05) is 0 Å². The van der Waals surface area contributed by atoms with Gasteiger partial charge in [0.05, 0.1) is 5.60 Å². The third-order valence-electron chi connectivity index (χ3n) is 1.20. The highest BCUT2D eigenvalue weighted by Crippen LogP contribution is 2.17. The Hall–Kier alpha value is -1.40. The Morgan fingerprint density at radius 1 is 1.00 bits per heavy atom. The van der Waals surface area contributed by atoms with Crippen LogP contribution < -0.4 is 0 Å². The van der Waals surface area contributed by atoms with Crippen LogP contribution in [0.3, 0.4) is 0 Å². The molecule has 0 spiro atoms. The predicted octanol–water partition coefficient (Wildman–Crippen LogP) is 1.65. The van der Waals surface area contributed by atoms with Crippen molar-refractivity contribution in [1.82, 2.24) is 0 Å². The molecule has 0 heterocycles. The molecule has 17 heavy (non-hydrogen) atoms. The molecule has 1 N–H and O–H groups in total. The van der Waals surface area contributed by atoms with E-state index in [9.17, 15) is 9.59 Å². The van der Waals surface area contributed by atoms with Crippen LogP contribution in [0, 0.1) is 0 Å². The second-order valence-corrected chi connectivity index (χ2v) is 4.77. The Morgan fingerprint density at radius 2 is 1.53 bits per heavy atom. The topological polar surface area (TPSA) is 82.1 Å². The second kappa shape index (κ2) is 5.79. The quantitative estimate of drug-likeness (QED) is 0.261. The molecule has 0 fully saturated rings. The van der Waals surface area contributed by atoms with E-state index in [0.29, 0.717) is 6.08 Å². The van der Waals surface area contributed by atoms with E-state index in [1.165, 1.54) is 13.8 Å². The fourth-order valence-electron chi connectivity index (χ4n) is 0.658. The summed E-state index contributed by atoms with van der Waals surface area (Å²) in [5.74, 6) is -3.35. The molecule has 0 radical (unpaired) electrons. The van der Waals surface area contributed by atoms with Crippen molar-refractivity contribution >= 4 is 11.9 Å². The number of ether oxygens (including phenoxy) is 1. The smallest absolute Gasteiger partial charge is 0.333 e. The fraction of sp³-hybridized carbons (Fsp3) is 0.636. The Balaban J connectivity index is 4.25. The molecule has 0 amide bonds. The Morgan fingerprint density at radius 3 is 1.94 bits per heavy atom. The lowest BCUT2D eigenvalue weighted by molar-refractivity contribution is -0.440. The summed E-state index contributed by atoms with van der Waals surface area (Å²) in [5, 5.41) is 8.32. The average molecular weight is 246 g/mol. The summed E-state index contributed by atoms with van der Waals surface area (Å²) in [4.78, 5) is 31.3. The van der Waals surface area contributed by atoms with Crippen LogP contribution in [0.25, 0.3) is 0 Å². The Kier molecular flexibility index (Phi) is 5.31. The molecular weight excluding hydrogens is 228 g/mol. The highest BCUT2D eigenvalue weighted by Gasteiger charge is 2.27. The van der Waals surface area contributed by atoms with Gasteiger partial charge in [0.2, 0.25) is 5.79 Å². The lowest BCUT2D eigenvalue weighted by Gasteiger charge is -2.27. The third kappa shape index (κ3) is 9.52. The van der Waals surface area contributed by atoms with Gasteiger partial charge in [0.25, 0.3) is 0 Å². The first-order valence-electron chi connectivity index (χ1n) is 5.03. The Bertz CT molecular complexity index is 310. The average Bonchev–Trinajstić information content (AvgIpc) is 2.10. The van der Waals surface area contributed by atoms with Crippen molar-refractivity contribution < 1.29 is 29.2 Å². The SMILES string of the molecule is CC(C)(C)OOC(C)(C)OC(=O)C=CC(=O)O. The zero-order valence-corrected chi connectivity index (χ0v) is 10.6. The van der Waals surface area contributed by atoms with Gasteiger partial charge >= 0.3 is 11.9 Å². The molecule has 0 saturated carbocycles. The molecule has 6 heteroatoms. The zero-order valence-electron chi connectivity index (χ0n) is 10.6. The summed E-state index contributed by atoms with van der Waals surface area (Å²) < 4.78 is 4.85. The Labute approximate surface area is 100 Å². The molecule has 0 aliphatic heterocycles. The molecule has 0 unspecified atom stereocenters. The van der Waals surface area contributed by atoms with Crippen molar-refractivity contribution in [2.45, 2.75) is 46.0 Å². The number of hydrogen-bond acceptors (Lipinski definition) is 5. The van der Waals surface area contributed by atoms with Crippen LogP contribution in [-0.4, -0.2) is 28.4 Å². The molecule has 0 aromatic rings. The molecule has 6 nitrogen and oxygen atoms in total. The maximum atomic E-state index is 11.2. The molecule has 0 saturated heterocycles. The summed E-state index contributed by atoms with van der Waals surface area (Å²) >= 11 is 0. The molecule has 0 aromatic heterocycles. The van der Waals surface area contributed by atoms with Crippen molar-refractivity contribution in [2.75, 3.05) is 0 Å². The van der Waals surface area contributed by atoms with Crippen molar-refractivity contribution in [3.8, 4) is 0 Å². The second-order valence-electron chi connectivity index (χ2n) is 4.77. The maximum Gasteiger partial charge on any atom is 0.333 e. The maximum absolute atomic E-state index is 11.2. The summed E-state index contributed by atoms with van der Waals surface area (Å²) in [6.07, 6.45) is 1.48. The van der Waals surface area contributed by atoms with Gasteiger partial charge in [-0.2, -0.15) is 4.89 Å². The number of rotatable bonds is 5. The number of carboxylic acids is 1. The minimum atomic E-state index is -1.30. The van der Waals surface area contributed by atoms with Crippen LogP contribution in [0.5, 0.6) is 0 Å². The van der Waals surface area contributed by atoms with E-state index in [0.717, 1.165) is 6.08 Å². The molecule has 98 valence electrons. The summed E-state index contributed by atoms with van der Waals surface area (Å²) in [6, 6.07) is 0. The summed E-state index contributed by atoms with van der Waals surface area (Å²) in [5.41, 5.74) is -0.541. The van der Waals surface area contributed by atoms with Gasteiger partial charge in [0.15, 0.2) is 0 Å². The van der Waals surface area contributed by atoms with Crippen LogP contribution in [-0.2, 0) is 24.1 Å². The summed E-state index contributed by atoms with van der Waals surface area (Å²) in [6.45, 7) is 8.27. The highest BCUT2D eigenvalue weighted by atomic mass is 17.2. The van der Waals surface area contributed by atoms with E-state index in [1.807, 2.05) is 0 Å². The number of esters is 1. The van der Waals surface area contributed by atoms with E-state index >= 15 is 0 Å². The first kappa shape index (κ1) is 15.6. The minimum absolute atomic E-state index is 0.541. The van der Waals surface area contributed by atoms with Gasteiger partial charge in [-0.05, 0) is 20.8 Å². The molecular formula is C11H18O6. The van der Waals surface area contributed by atoms with Gasteiger partial charge < -0.3 is 9.84 Å². The van der Waals surface area contributed by atoms with Gasteiger partial charge in [-0.3, -0.25) is 0 Å². The first-order chi connectivity index (χ1) is 7.52. The normalized spacial score (nSPS) is 12.8. The van der Waals surface area contributed by atoms with E-state index in [-0.39, 0.29) is 0 Å². The van der Waals surface area contributed by atoms with Crippen molar-refractivity contribution in [3.63, 3.8) is 0 Å². The van der Waals surface area contributed by atoms with E-state index in [2.05, 4.69) is 0 Å². The number of carboxylic acid groups (broad SMARTS) is 1. The first-order valence-corrected chi connectivity index (χ1v) is 5.03. The van der Waals surface area contributed by atoms with E-state index < -0.39 is 23.3 Å². The lowest BCUT2D eigenvalue weighted by Crippen LogP contribution is -2.34. The lowest BCUT2D eigenvalue weighted by atomic mass is 10.2. The highest BCUT2D eigenvalue weighted by molar-refractivity contribution is 5.90. The number of carbonyl (C=O) groups is 2. The van der Waals surface area contributed by atoms with Gasteiger partial charge in [-0.25, -0.2) is 14.5 Å². The fourth-order valence-corrected chi connectivity index (χ4v) is 0.658. The molecule has 0 aliphatic rings. The van der Waals surface area contributed by atoms with E-state index in [4.69, 9.17) is 19.6 Å². The summed E-state index contributed by atoms with van der Waals surface area (Å²) in [7, 11) is 0.